The zero-order chi connectivity index (χ0) is 20.5. The summed E-state index contributed by atoms with van der Waals surface area (Å²) in [6.45, 7) is 2.26. The summed E-state index contributed by atoms with van der Waals surface area (Å²) in [5.41, 5.74) is 1.40. The zero-order valence-corrected chi connectivity index (χ0v) is 18.0. The van der Waals surface area contributed by atoms with Crippen LogP contribution in [-0.2, 0) is 0 Å². The second-order valence-corrected chi connectivity index (χ2v) is 9.23. The molecule has 0 atom stereocenters. The Morgan fingerprint density at radius 1 is 0.862 bits per heavy atom. The Kier molecular flexibility index (Phi) is 8.51. The van der Waals surface area contributed by atoms with Crippen molar-refractivity contribution in [3.63, 3.8) is 0 Å². The normalized spacial score (nSPS) is 29.4. The lowest BCUT2D eigenvalue weighted by atomic mass is 9.62. The highest BCUT2D eigenvalue weighted by atomic mass is 19.3. The maximum absolute atomic E-state index is 13.1. The second kappa shape index (κ2) is 11.1. The quantitative estimate of drug-likeness (QED) is 0.272. The summed E-state index contributed by atoms with van der Waals surface area (Å²) in [5.74, 6) is 0.467. The topological polar surface area (TPSA) is 0 Å². The van der Waals surface area contributed by atoms with Crippen molar-refractivity contribution in [1.29, 1.82) is 0 Å². The van der Waals surface area contributed by atoms with Gasteiger partial charge in [-0.1, -0.05) is 100 Å². The van der Waals surface area contributed by atoms with Crippen molar-refractivity contribution in [1.82, 2.24) is 0 Å². The van der Waals surface area contributed by atoms with Crippen molar-refractivity contribution in [2.24, 2.45) is 17.3 Å². The molecule has 2 aliphatic carbocycles. The lowest BCUT2D eigenvalue weighted by Gasteiger charge is -2.42. The minimum Gasteiger partial charge on any atom is -0.210 e. The number of allylic oxidation sites excluding steroid dienone is 4. The third-order valence-corrected chi connectivity index (χ3v) is 7.26. The maximum atomic E-state index is 13.1. The average molecular weight is 401 g/mol. The molecule has 1 saturated carbocycles. The molecule has 0 unspecified atom stereocenters. The van der Waals surface area contributed by atoms with Gasteiger partial charge in [0.15, 0.2) is 0 Å². The van der Waals surface area contributed by atoms with Gasteiger partial charge in [0, 0.05) is 17.3 Å². The minimum absolute atomic E-state index is 0.0725. The molecule has 0 saturated heterocycles. The van der Waals surface area contributed by atoms with Crippen molar-refractivity contribution in [3.05, 3.63) is 60.2 Å². The van der Waals surface area contributed by atoms with Gasteiger partial charge < -0.3 is 0 Å². The molecule has 0 N–H and O–H groups in total. The van der Waals surface area contributed by atoms with E-state index in [9.17, 15) is 8.78 Å². The number of hydrogen-bond donors (Lipinski definition) is 0. The fourth-order valence-corrected chi connectivity index (χ4v) is 5.35. The van der Waals surface area contributed by atoms with E-state index in [1.165, 1.54) is 44.1 Å². The first-order valence-corrected chi connectivity index (χ1v) is 11.9. The number of halogens is 2. The molecule has 0 heterocycles. The van der Waals surface area contributed by atoms with Gasteiger partial charge in [-0.2, -0.15) is 0 Å². The van der Waals surface area contributed by atoms with Gasteiger partial charge in [-0.25, -0.2) is 8.78 Å². The summed E-state index contributed by atoms with van der Waals surface area (Å²) < 4.78 is 26.3. The van der Waals surface area contributed by atoms with Crippen molar-refractivity contribution in [2.75, 3.05) is 0 Å². The Balaban J connectivity index is 1.65. The number of benzene rings is 1. The molecule has 2 aliphatic rings. The SMILES string of the molecule is CCCCCCCCC1([C@H]2CC[C@H](C(F)F)CC2)C=CC(c2ccccc2)C=C1. The van der Waals surface area contributed by atoms with E-state index in [4.69, 9.17) is 0 Å². The fraction of sp³-hybridized carbons (Fsp3) is 0.630. The molecule has 3 rings (SSSR count). The molecule has 0 spiro atoms. The molecule has 160 valence electrons. The van der Waals surface area contributed by atoms with Crippen LogP contribution in [0, 0.1) is 17.3 Å². The van der Waals surface area contributed by atoms with E-state index in [-0.39, 0.29) is 11.3 Å². The van der Waals surface area contributed by atoms with Crippen LogP contribution in [0.2, 0.25) is 0 Å². The van der Waals surface area contributed by atoms with Crippen LogP contribution in [0.3, 0.4) is 0 Å². The summed E-state index contributed by atoms with van der Waals surface area (Å²) in [4.78, 5) is 0. The predicted molar refractivity (Wildman–Crippen MR) is 119 cm³/mol. The summed E-state index contributed by atoms with van der Waals surface area (Å²) in [6.07, 6.45) is 19.7. The van der Waals surface area contributed by atoms with E-state index in [2.05, 4.69) is 61.6 Å². The van der Waals surface area contributed by atoms with Crippen LogP contribution >= 0.6 is 0 Å². The Hall–Kier alpha value is -1.44. The van der Waals surface area contributed by atoms with Crippen LogP contribution in [0.25, 0.3) is 0 Å². The van der Waals surface area contributed by atoms with Crippen molar-refractivity contribution < 1.29 is 8.78 Å². The molecule has 29 heavy (non-hydrogen) atoms. The Morgan fingerprint density at radius 3 is 2.10 bits per heavy atom. The standard InChI is InChI=1S/C27H38F2/c1-2-3-4-5-6-10-19-27(25-15-13-24(14-16-25)26(28)29)20-17-23(18-21-27)22-11-8-7-9-12-22/h7-9,11-12,17-18,20-21,23-26H,2-6,10,13-16,19H2,1H3/t23?,24-,25-,27?. The molecule has 1 aromatic carbocycles. The van der Waals surface area contributed by atoms with Crippen molar-refractivity contribution >= 4 is 0 Å². The van der Waals surface area contributed by atoms with Crippen molar-refractivity contribution in [2.45, 2.75) is 89.9 Å². The number of hydrogen-bond acceptors (Lipinski definition) is 0. The van der Waals surface area contributed by atoms with Gasteiger partial charge in [-0.3, -0.25) is 0 Å². The van der Waals surface area contributed by atoms with Crippen LogP contribution in [0.1, 0.15) is 89.0 Å². The lowest BCUT2D eigenvalue weighted by Crippen LogP contribution is -2.33. The maximum Gasteiger partial charge on any atom is 0.241 e. The molecule has 0 nitrogen and oxygen atoms in total. The molecule has 2 heteroatoms. The number of unbranched alkanes of at least 4 members (excludes halogenated alkanes) is 5. The van der Waals surface area contributed by atoms with E-state index >= 15 is 0 Å². The first-order chi connectivity index (χ1) is 14.1. The van der Waals surface area contributed by atoms with E-state index in [1.807, 2.05) is 0 Å². The first kappa shape index (κ1) is 22.2. The molecule has 0 amide bonds. The summed E-state index contributed by atoms with van der Waals surface area (Å²) >= 11 is 0. The predicted octanol–water partition coefficient (Wildman–Crippen LogP) is 8.70. The average Bonchev–Trinajstić information content (AvgIpc) is 2.77. The largest absolute Gasteiger partial charge is 0.241 e. The van der Waals surface area contributed by atoms with E-state index in [1.54, 1.807) is 0 Å². The number of rotatable bonds is 10. The highest BCUT2D eigenvalue weighted by molar-refractivity contribution is 5.34. The summed E-state index contributed by atoms with van der Waals surface area (Å²) in [6, 6.07) is 10.6. The molecular weight excluding hydrogens is 362 g/mol. The third-order valence-electron chi connectivity index (χ3n) is 7.26. The first-order valence-electron chi connectivity index (χ1n) is 11.9. The summed E-state index contributed by atoms with van der Waals surface area (Å²) in [5, 5.41) is 0. The van der Waals surface area contributed by atoms with Gasteiger partial charge >= 0.3 is 0 Å². The molecule has 1 aromatic rings. The molecule has 0 bridgehead atoms. The lowest BCUT2D eigenvalue weighted by molar-refractivity contribution is 0.0344. The highest BCUT2D eigenvalue weighted by Crippen LogP contribution is 2.49. The van der Waals surface area contributed by atoms with Crippen LogP contribution < -0.4 is 0 Å². The van der Waals surface area contributed by atoms with Crippen LogP contribution in [0.15, 0.2) is 54.6 Å². The summed E-state index contributed by atoms with van der Waals surface area (Å²) in [7, 11) is 0. The molecular formula is C27H38F2. The Bertz CT molecular complexity index is 624. The van der Waals surface area contributed by atoms with Gasteiger partial charge in [0.25, 0.3) is 0 Å². The van der Waals surface area contributed by atoms with Gasteiger partial charge in [0.2, 0.25) is 6.43 Å². The van der Waals surface area contributed by atoms with Gasteiger partial charge in [0.05, 0.1) is 0 Å². The van der Waals surface area contributed by atoms with E-state index in [0.717, 1.165) is 19.3 Å². The zero-order valence-electron chi connectivity index (χ0n) is 18.0. The monoisotopic (exact) mass is 400 g/mol. The Morgan fingerprint density at radius 2 is 1.48 bits per heavy atom. The second-order valence-electron chi connectivity index (χ2n) is 9.23. The third kappa shape index (κ3) is 6.03. The van der Waals surface area contributed by atoms with Crippen molar-refractivity contribution in [3.8, 4) is 0 Å². The molecule has 0 aliphatic heterocycles. The molecule has 0 aromatic heterocycles. The Labute approximate surface area is 176 Å². The minimum atomic E-state index is -2.15. The number of alkyl halides is 2. The molecule has 0 radical (unpaired) electrons. The van der Waals surface area contributed by atoms with Gasteiger partial charge in [-0.05, 0) is 43.6 Å². The van der Waals surface area contributed by atoms with Crippen LogP contribution in [0.5, 0.6) is 0 Å². The molecule has 1 fully saturated rings. The van der Waals surface area contributed by atoms with E-state index in [0.29, 0.717) is 24.7 Å². The fourth-order valence-electron chi connectivity index (χ4n) is 5.35. The van der Waals surface area contributed by atoms with Gasteiger partial charge in [-0.15, -0.1) is 0 Å². The van der Waals surface area contributed by atoms with Crippen LogP contribution in [-0.4, -0.2) is 6.43 Å². The van der Waals surface area contributed by atoms with Crippen LogP contribution in [0.4, 0.5) is 8.78 Å². The highest BCUT2D eigenvalue weighted by Gasteiger charge is 2.39. The van der Waals surface area contributed by atoms with Gasteiger partial charge in [0.1, 0.15) is 0 Å². The van der Waals surface area contributed by atoms with E-state index < -0.39 is 6.43 Å². The smallest absolute Gasteiger partial charge is 0.210 e.